The van der Waals surface area contributed by atoms with E-state index in [2.05, 4.69) is 191 Å². The van der Waals surface area contributed by atoms with E-state index < -0.39 is 0 Å². The van der Waals surface area contributed by atoms with E-state index in [1.54, 1.807) is 0 Å². The highest BCUT2D eigenvalue weighted by Crippen LogP contribution is 2.44. The van der Waals surface area contributed by atoms with Crippen LogP contribution in [0.15, 0.2) is 182 Å². The summed E-state index contributed by atoms with van der Waals surface area (Å²) < 4.78 is 4.92. The Kier molecular flexibility index (Phi) is 5.70. The summed E-state index contributed by atoms with van der Waals surface area (Å²) >= 11 is 0. The van der Waals surface area contributed by atoms with Gasteiger partial charge in [0.25, 0.3) is 0 Å². The third-order valence-corrected chi connectivity index (χ3v) is 10.6. The molecule has 2 heteroatoms. The van der Waals surface area contributed by atoms with Gasteiger partial charge in [-0.2, -0.15) is 0 Å². The standard InChI is InChI=1S/C48H30N2/c1-3-13-33-27-36(22-21-31(33)11-1)47-39-16-6-5-15-35(39)29-43-41-18-8-10-20-45(41)50(48(43)47)38-25-26-46-42(30-38)40-17-7-9-19-44(40)49(46)37-24-23-32-12-2-4-14-34(32)28-37/h1-30H. The van der Waals surface area contributed by atoms with Crippen molar-refractivity contribution in [2.24, 2.45) is 0 Å². The fourth-order valence-corrected chi connectivity index (χ4v) is 8.39. The Labute approximate surface area is 288 Å². The van der Waals surface area contributed by atoms with Crippen molar-refractivity contribution in [3.8, 4) is 22.5 Å². The Morgan fingerprint density at radius 1 is 0.280 bits per heavy atom. The molecule has 2 aromatic heterocycles. The van der Waals surface area contributed by atoms with Crippen LogP contribution in [0.5, 0.6) is 0 Å². The van der Waals surface area contributed by atoms with Crippen molar-refractivity contribution in [1.82, 2.24) is 9.13 Å². The molecule has 50 heavy (non-hydrogen) atoms. The topological polar surface area (TPSA) is 9.86 Å². The van der Waals surface area contributed by atoms with E-state index in [1.807, 2.05) is 0 Å². The summed E-state index contributed by atoms with van der Waals surface area (Å²) in [5, 5.41) is 12.5. The molecule has 0 saturated carbocycles. The van der Waals surface area contributed by atoms with Gasteiger partial charge >= 0.3 is 0 Å². The minimum absolute atomic E-state index is 1.16. The Morgan fingerprint density at radius 3 is 1.56 bits per heavy atom. The number of rotatable bonds is 3. The molecule has 0 aliphatic rings. The van der Waals surface area contributed by atoms with Crippen LogP contribution in [-0.4, -0.2) is 9.13 Å². The van der Waals surface area contributed by atoms with Crippen LogP contribution < -0.4 is 0 Å². The van der Waals surface area contributed by atoms with Crippen LogP contribution in [0.25, 0.3) is 98.4 Å². The van der Waals surface area contributed by atoms with Crippen molar-refractivity contribution in [2.45, 2.75) is 0 Å². The quantitative estimate of drug-likeness (QED) is 0.183. The molecule has 11 aromatic rings. The summed E-state index contributed by atoms with van der Waals surface area (Å²) in [4.78, 5) is 0. The summed E-state index contributed by atoms with van der Waals surface area (Å²) in [6, 6.07) is 66.9. The Bertz CT molecular complexity index is 3160. The first-order valence-corrected chi connectivity index (χ1v) is 17.3. The van der Waals surface area contributed by atoms with Crippen molar-refractivity contribution in [1.29, 1.82) is 0 Å². The average molecular weight is 635 g/mol. The van der Waals surface area contributed by atoms with Gasteiger partial charge in [-0.3, -0.25) is 0 Å². The van der Waals surface area contributed by atoms with Gasteiger partial charge in [-0.1, -0.05) is 127 Å². The van der Waals surface area contributed by atoms with E-state index in [4.69, 9.17) is 0 Å². The highest BCUT2D eigenvalue weighted by Gasteiger charge is 2.21. The minimum Gasteiger partial charge on any atom is -0.309 e. The predicted octanol–water partition coefficient (Wildman–Crippen LogP) is 13.0. The lowest BCUT2D eigenvalue weighted by atomic mass is 9.93. The normalized spacial score (nSPS) is 12.0. The second kappa shape index (κ2) is 10.4. The lowest BCUT2D eigenvalue weighted by Gasteiger charge is -2.15. The molecule has 0 bridgehead atoms. The van der Waals surface area contributed by atoms with E-state index >= 15 is 0 Å². The van der Waals surface area contributed by atoms with Crippen molar-refractivity contribution in [2.75, 3.05) is 0 Å². The third-order valence-electron chi connectivity index (χ3n) is 10.6. The molecule has 0 radical (unpaired) electrons. The van der Waals surface area contributed by atoms with Gasteiger partial charge in [0.15, 0.2) is 0 Å². The summed E-state index contributed by atoms with van der Waals surface area (Å²) in [5.41, 5.74) is 9.66. The first kappa shape index (κ1) is 27.3. The number of benzene rings is 9. The number of hydrogen-bond donors (Lipinski definition) is 0. The van der Waals surface area contributed by atoms with Gasteiger partial charge in [-0.25, -0.2) is 0 Å². The van der Waals surface area contributed by atoms with Crippen LogP contribution in [0.3, 0.4) is 0 Å². The maximum absolute atomic E-state index is 2.50. The zero-order valence-electron chi connectivity index (χ0n) is 27.2. The number of aromatic nitrogens is 2. The van der Waals surface area contributed by atoms with Crippen LogP contribution in [0.1, 0.15) is 0 Å². The Hall–Kier alpha value is -6.64. The highest BCUT2D eigenvalue weighted by atomic mass is 15.0. The fourth-order valence-electron chi connectivity index (χ4n) is 8.39. The lowest BCUT2D eigenvalue weighted by Crippen LogP contribution is -1.97. The molecular weight excluding hydrogens is 605 g/mol. The molecular formula is C48H30N2. The fraction of sp³-hybridized carbons (Fsp3) is 0. The zero-order valence-corrected chi connectivity index (χ0v) is 27.2. The Balaban J connectivity index is 1.25. The molecule has 11 rings (SSSR count). The summed E-state index contributed by atoms with van der Waals surface area (Å²) in [5.74, 6) is 0. The Morgan fingerprint density at radius 2 is 0.800 bits per heavy atom. The smallest absolute Gasteiger partial charge is 0.0625 e. The van der Waals surface area contributed by atoms with Crippen LogP contribution >= 0.6 is 0 Å². The maximum atomic E-state index is 2.50. The molecule has 0 amide bonds. The molecule has 0 N–H and O–H groups in total. The molecule has 0 atom stereocenters. The molecule has 232 valence electrons. The van der Waals surface area contributed by atoms with E-state index in [0.29, 0.717) is 0 Å². The molecule has 0 saturated heterocycles. The van der Waals surface area contributed by atoms with E-state index in [1.165, 1.54) is 92.7 Å². The molecule has 0 unspecified atom stereocenters. The summed E-state index contributed by atoms with van der Waals surface area (Å²) in [7, 11) is 0. The molecule has 2 heterocycles. The summed E-state index contributed by atoms with van der Waals surface area (Å²) in [6.07, 6.45) is 0. The molecule has 0 fully saturated rings. The van der Waals surface area contributed by atoms with Crippen LogP contribution in [0.2, 0.25) is 0 Å². The second-order valence-corrected chi connectivity index (χ2v) is 13.4. The minimum atomic E-state index is 1.16. The number of hydrogen-bond acceptors (Lipinski definition) is 0. The van der Waals surface area contributed by atoms with Crippen LogP contribution in [0, 0.1) is 0 Å². The highest BCUT2D eigenvalue weighted by molar-refractivity contribution is 6.22. The lowest BCUT2D eigenvalue weighted by molar-refractivity contribution is 1.17. The zero-order chi connectivity index (χ0) is 32.8. The van der Waals surface area contributed by atoms with Crippen molar-refractivity contribution in [3.63, 3.8) is 0 Å². The van der Waals surface area contributed by atoms with Gasteiger partial charge in [-0.05, 0) is 92.5 Å². The van der Waals surface area contributed by atoms with Crippen molar-refractivity contribution < 1.29 is 0 Å². The van der Waals surface area contributed by atoms with E-state index in [0.717, 1.165) is 5.69 Å². The molecule has 0 aliphatic carbocycles. The molecule has 0 aliphatic heterocycles. The van der Waals surface area contributed by atoms with Crippen molar-refractivity contribution >= 4 is 75.9 Å². The van der Waals surface area contributed by atoms with Gasteiger partial charge in [0.2, 0.25) is 0 Å². The van der Waals surface area contributed by atoms with Crippen molar-refractivity contribution in [3.05, 3.63) is 182 Å². The maximum Gasteiger partial charge on any atom is 0.0625 e. The average Bonchev–Trinajstić information content (AvgIpc) is 3.69. The monoisotopic (exact) mass is 634 g/mol. The van der Waals surface area contributed by atoms with Gasteiger partial charge in [0.05, 0.1) is 22.1 Å². The van der Waals surface area contributed by atoms with Gasteiger partial charge in [0.1, 0.15) is 0 Å². The SMILES string of the molecule is c1ccc2cc(-c3c4ccccc4cc4c5ccccc5n(-c5ccc6c(c5)c5ccccc5n6-c5ccc6ccccc6c5)c34)ccc2c1. The largest absolute Gasteiger partial charge is 0.309 e. The van der Waals surface area contributed by atoms with E-state index in [9.17, 15) is 0 Å². The van der Waals surface area contributed by atoms with E-state index in [-0.39, 0.29) is 0 Å². The van der Waals surface area contributed by atoms with Crippen LogP contribution in [-0.2, 0) is 0 Å². The molecule has 0 spiro atoms. The second-order valence-electron chi connectivity index (χ2n) is 13.4. The molecule has 9 aromatic carbocycles. The molecule has 2 nitrogen and oxygen atoms in total. The number of nitrogens with zero attached hydrogens (tertiary/aromatic N) is 2. The third kappa shape index (κ3) is 3.90. The first-order chi connectivity index (χ1) is 24.8. The van der Waals surface area contributed by atoms with Gasteiger partial charge in [-0.15, -0.1) is 0 Å². The van der Waals surface area contributed by atoms with Gasteiger partial charge < -0.3 is 9.13 Å². The summed E-state index contributed by atoms with van der Waals surface area (Å²) in [6.45, 7) is 0. The van der Waals surface area contributed by atoms with Crippen LogP contribution in [0.4, 0.5) is 0 Å². The predicted molar refractivity (Wildman–Crippen MR) is 213 cm³/mol. The number of para-hydroxylation sites is 2. The van der Waals surface area contributed by atoms with Gasteiger partial charge in [0, 0.05) is 38.5 Å². The number of fused-ring (bicyclic) bond motifs is 9. The first-order valence-electron chi connectivity index (χ1n) is 17.3.